The summed E-state index contributed by atoms with van der Waals surface area (Å²) in [4.78, 5) is 29.2. The van der Waals surface area contributed by atoms with E-state index in [4.69, 9.17) is 9.47 Å². The summed E-state index contributed by atoms with van der Waals surface area (Å²) < 4.78 is 10.7. The molecule has 24 heavy (non-hydrogen) atoms. The Labute approximate surface area is 144 Å². The maximum atomic E-state index is 12.6. The van der Waals surface area contributed by atoms with Crippen LogP contribution in [-0.4, -0.2) is 73.2 Å². The Morgan fingerprint density at radius 3 is 1.58 bits per heavy atom. The SMILES string of the molecule is C[C@@H]1CN(C(=O)C[C@H]2CCOC2)[C@@H](C)CN1C(=O)C[C@H]1CCOC1. The van der Waals surface area contributed by atoms with E-state index in [1.807, 2.05) is 23.6 Å². The summed E-state index contributed by atoms with van der Waals surface area (Å²) in [6.45, 7) is 8.34. The van der Waals surface area contributed by atoms with Gasteiger partial charge in [-0.3, -0.25) is 9.59 Å². The standard InChI is InChI=1S/C18H30N2O4/c1-13-9-20(18(22)8-16-4-6-24-12-16)14(2)10-19(13)17(21)7-15-3-5-23-11-15/h13-16H,3-12H2,1-2H3/t13-,14+,15-,16-/m1/s1. The highest BCUT2D eigenvalue weighted by atomic mass is 16.5. The molecular weight excluding hydrogens is 308 g/mol. The predicted octanol–water partition coefficient (Wildman–Crippen LogP) is 1.29. The molecular formula is C18H30N2O4. The number of ether oxygens (including phenoxy) is 2. The molecule has 0 aliphatic carbocycles. The van der Waals surface area contributed by atoms with Crippen LogP contribution in [0, 0.1) is 11.8 Å². The molecule has 3 saturated heterocycles. The average molecular weight is 338 g/mol. The zero-order valence-electron chi connectivity index (χ0n) is 14.9. The Morgan fingerprint density at radius 1 is 0.833 bits per heavy atom. The fourth-order valence-electron chi connectivity index (χ4n) is 4.04. The number of rotatable bonds is 4. The number of carbonyl (C=O) groups excluding carboxylic acids is 2. The fourth-order valence-corrected chi connectivity index (χ4v) is 4.04. The molecule has 0 N–H and O–H groups in total. The van der Waals surface area contributed by atoms with Gasteiger partial charge in [0.15, 0.2) is 0 Å². The van der Waals surface area contributed by atoms with Crippen molar-refractivity contribution in [2.24, 2.45) is 11.8 Å². The number of amides is 2. The minimum Gasteiger partial charge on any atom is -0.381 e. The molecule has 6 nitrogen and oxygen atoms in total. The van der Waals surface area contributed by atoms with Gasteiger partial charge in [-0.25, -0.2) is 0 Å². The third-order valence-electron chi connectivity index (χ3n) is 5.60. The number of carbonyl (C=O) groups is 2. The summed E-state index contributed by atoms with van der Waals surface area (Å²) in [6, 6.07) is 0.166. The van der Waals surface area contributed by atoms with Gasteiger partial charge in [-0.15, -0.1) is 0 Å². The molecule has 3 aliphatic heterocycles. The largest absolute Gasteiger partial charge is 0.381 e. The fraction of sp³-hybridized carbons (Fsp3) is 0.889. The molecule has 3 heterocycles. The predicted molar refractivity (Wildman–Crippen MR) is 89.4 cm³/mol. The van der Waals surface area contributed by atoms with Crippen LogP contribution in [-0.2, 0) is 19.1 Å². The van der Waals surface area contributed by atoms with E-state index in [1.54, 1.807) is 0 Å². The van der Waals surface area contributed by atoms with Gasteiger partial charge < -0.3 is 19.3 Å². The molecule has 0 aromatic carbocycles. The van der Waals surface area contributed by atoms with Gasteiger partial charge in [-0.1, -0.05) is 0 Å². The van der Waals surface area contributed by atoms with Crippen molar-refractivity contribution in [2.75, 3.05) is 39.5 Å². The van der Waals surface area contributed by atoms with Gasteiger partial charge in [0, 0.05) is 64.4 Å². The molecule has 0 saturated carbocycles. The summed E-state index contributed by atoms with van der Waals surface area (Å²) in [7, 11) is 0. The third-order valence-corrected chi connectivity index (χ3v) is 5.60. The first-order valence-electron chi connectivity index (χ1n) is 9.29. The van der Waals surface area contributed by atoms with Crippen molar-refractivity contribution in [3.8, 4) is 0 Å². The van der Waals surface area contributed by atoms with Crippen molar-refractivity contribution in [1.29, 1.82) is 0 Å². The molecule has 0 spiro atoms. The molecule has 136 valence electrons. The summed E-state index contributed by atoms with van der Waals surface area (Å²) >= 11 is 0. The van der Waals surface area contributed by atoms with Crippen LogP contribution in [0.2, 0.25) is 0 Å². The highest BCUT2D eigenvalue weighted by Crippen LogP contribution is 2.24. The minimum atomic E-state index is 0.0831. The van der Waals surface area contributed by atoms with Crippen molar-refractivity contribution in [2.45, 2.75) is 51.6 Å². The van der Waals surface area contributed by atoms with E-state index in [0.717, 1.165) is 26.1 Å². The van der Waals surface area contributed by atoms with E-state index >= 15 is 0 Å². The van der Waals surface area contributed by atoms with Gasteiger partial charge in [0.25, 0.3) is 0 Å². The maximum absolute atomic E-state index is 12.6. The van der Waals surface area contributed by atoms with Crippen molar-refractivity contribution in [3.63, 3.8) is 0 Å². The summed E-state index contributed by atoms with van der Waals surface area (Å²) in [6.07, 6.45) is 3.12. The Kier molecular flexibility index (Phi) is 5.76. The quantitative estimate of drug-likeness (QED) is 0.775. The number of hydrogen-bond donors (Lipinski definition) is 0. The Morgan fingerprint density at radius 2 is 1.25 bits per heavy atom. The van der Waals surface area contributed by atoms with Gasteiger partial charge in [-0.2, -0.15) is 0 Å². The third kappa shape index (κ3) is 4.09. The summed E-state index contributed by atoms with van der Waals surface area (Å²) in [5.41, 5.74) is 0. The summed E-state index contributed by atoms with van der Waals surface area (Å²) in [5.74, 6) is 1.14. The molecule has 4 atom stereocenters. The van der Waals surface area contributed by atoms with Crippen molar-refractivity contribution in [3.05, 3.63) is 0 Å². The van der Waals surface area contributed by atoms with Crippen LogP contribution in [0.4, 0.5) is 0 Å². The van der Waals surface area contributed by atoms with Crippen molar-refractivity contribution >= 4 is 11.8 Å². The highest BCUT2D eigenvalue weighted by Gasteiger charge is 2.36. The molecule has 3 rings (SSSR count). The van der Waals surface area contributed by atoms with E-state index in [2.05, 4.69) is 0 Å². The van der Waals surface area contributed by atoms with E-state index in [1.165, 1.54) is 0 Å². The first-order valence-corrected chi connectivity index (χ1v) is 9.29. The van der Waals surface area contributed by atoms with Crippen LogP contribution in [0.25, 0.3) is 0 Å². The molecule has 3 fully saturated rings. The van der Waals surface area contributed by atoms with Crippen LogP contribution in [0.5, 0.6) is 0 Å². The van der Waals surface area contributed by atoms with Crippen LogP contribution < -0.4 is 0 Å². The first kappa shape index (κ1) is 17.7. The zero-order valence-corrected chi connectivity index (χ0v) is 14.9. The lowest BCUT2D eigenvalue weighted by Gasteiger charge is -2.44. The lowest BCUT2D eigenvalue weighted by Crippen LogP contribution is -2.59. The second-order valence-electron chi connectivity index (χ2n) is 7.66. The molecule has 0 aromatic rings. The van der Waals surface area contributed by atoms with E-state index < -0.39 is 0 Å². The second-order valence-corrected chi connectivity index (χ2v) is 7.66. The molecule has 0 aromatic heterocycles. The first-order chi connectivity index (χ1) is 11.5. The molecule has 2 amide bonds. The van der Waals surface area contributed by atoms with Crippen LogP contribution in [0.3, 0.4) is 0 Å². The van der Waals surface area contributed by atoms with E-state index in [-0.39, 0.29) is 23.9 Å². The van der Waals surface area contributed by atoms with Gasteiger partial charge in [0.05, 0.1) is 0 Å². The molecule has 0 unspecified atom stereocenters. The molecule has 0 bridgehead atoms. The monoisotopic (exact) mass is 338 g/mol. The lowest BCUT2D eigenvalue weighted by atomic mass is 10.00. The van der Waals surface area contributed by atoms with Crippen molar-refractivity contribution < 1.29 is 19.1 Å². The number of piperazine rings is 1. The van der Waals surface area contributed by atoms with Gasteiger partial charge >= 0.3 is 0 Å². The van der Waals surface area contributed by atoms with Gasteiger partial charge in [0.2, 0.25) is 11.8 Å². The van der Waals surface area contributed by atoms with Crippen LogP contribution >= 0.6 is 0 Å². The number of nitrogens with zero attached hydrogens (tertiary/aromatic N) is 2. The van der Waals surface area contributed by atoms with E-state index in [0.29, 0.717) is 51.0 Å². The van der Waals surface area contributed by atoms with Gasteiger partial charge in [0.1, 0.15) is 0 Å². The smallest absolute Gasteiger partial charge is 0.223 e. The summed E-state index contributed by atoms with van der Waals surface area (Å²) in [5, 5.41) is 0. The second kappa shape index (κ2) is 7.83. The topological polar surface area (TPSA) is 59.1 Å². The van der Waals surface area contributed by atoms with E-state index in [9.17, 15) is 9.59 Å². The van der Waals surface area contributed by atoms with Crippen LogP contribution in [0.15, 0.2) is 0 Å². The normalized spacial score (nSPS) is 33.9. The van der Waals surface area contributed by atoms with Crippen LogP contribution in [0.1, 0.15) is 39.5 Å². The average Bonchev–Trinajstić information content (AvgIpc) is 3.22. The minimum absolute atomic E-state index is 0.0831. The Hall–Kier alpha value is -1.14. The lowest BCUT2D eigenvalue weighted by molar-refractivity contribution is -0.146. The molecule has 3 aliphatic rings. The van der Waals surface area contributed by atoms with Crippen molar-refractivity contribution in [1.82, 2.24) is 9.80 Å². The highest BCUT2D eigenvalue weighted by molar-refractivity contribution is 5.79. The Balaban J connectivity index is 1.52. The maximum Gasteiger partial charge on any atom is 0.223 e. The number of hydrogen-bond acceptors (Lipinski definition) is 4. The van der Waals surface area contributed by atoms with Gasteiger partial charge in [-0.05, 0) is 38.5 Å². The molecule has 0 radical (unpaired) electrons. The zero-order chi connectivity index (χ0) is 17.1. The molecule has 6 heteroatoms. The Bertz CT molecular complexity index is 416.